The average molecular weight is 224 g/mol. The van der Waals surface area contributed by atoms with Gasteiger partial charge in [-0.05, 0) is 36.8 Å². The summed E-state index contributed by atoms with van der Waals surface area (Å²) < 4.78 is 0. The fourth-order valence-corrected chi connectivity index (χ4v) is 2.23. The van der Waals surface area contributed by atoms with Crippen LogP contribution in [0.5, 0.6) is 0 Å². The van der Waals surface area contributed by atoms with E-state index < -0.39 is 0 Å². The van der Waals surface area contributed by atoms with Crippen molar-refractivity contribution < 1.29 is 0 Å². The van der Waals surface area contributed by atoms with Gasteiger partial charge in [0.1, 0.15) is 0 Å². The molecule has 1 heterocycles. The van der Waals surface area contributed by atoms with Crippen molar-refractivity contribution in [1.82, 2.24) is 4.98 Å². The lowest BCUT2D eigenvalue weighted by atomic mass is 10.1. The minimum absolute atomic E-state index is 0.1000. The van der Waals surface area contributed by atoms with Gasteiger partial charge in [0.2, 0.25) is 0 Å². The molecule has 2 N–H and O–H groups in total. The second-order valence-corrected chi connectivity index (χ2v) is 4.89. The topological polar surface area (TPSA) is 38.9 Å². The van der Waals surface area contributed by atoms with Crippen LogP contribution in [0.4, 0.5) is 0 Å². The highest BCUT2D eigenvalue weighted by molar-refractivity contribution is 7.99. The summed E-state index contributed by atoms with van der Waals surface area (Å²) in [6, 6.07) is 4.19. The lowest BCUT2D eigenvalue weighted by Crippen LogP contribution is -2.05. The van der Waals surface area contributed by atoms with Gasteiger partial charge in [0.05, 0.1) is 5.03 Å². The van der Waals surface area contributed by atoms with Crippen LogP contribution in [-0.2, 0) is 0 Å². The molecule has 0 bridgehead atoms. The van der Waals surface area contributed by atoms with Crippen LogP contribution >= 0.6 is 11.8 Å². The summed E-state index contributed by atoms with van der Waals surface area (Å²) in [5, 5.41) is 1.10. The third-order valence-electron chi connectivity index (χ3n) is 2.28. The molecule has 84 valence electrons. The summed E-state index contributed by atoms with van der Waals surface area (Å²) in [4.78, 5) is 4.33. The van der Waals surface area contributed by atoms with Crippen molar-refractivity contribution >= 4 is 11.8 Å². The van der Waals surface area contributed by atoms with Crippen molar-refractivity contribution in [3.63, 3.8) is 0 Å². The first-order valence-electron chi connectivity index (χ1n) is 5.58. The third-order valence-corrected chi connectivity index (χ3v) is 3.29. The van der Waals surface area contributed by atoms with E-state index in [1.165, 1.54) is 24.8 Å². The van der Waals surface area contributed by atoms with E-state index in [4.69, 9.17) is 5.73 Å². The monoisotopic (exact) mass is 224 g/mol. The van der Waals surface area contributed by atoms with E-state index >= 15 is 0 Å². The maximum Gasteiger partial charge on any atom is 0.0963 e. The zero-order valence-electron chi connectivity index (χ0n) is 9.57. The molecule has 0 saturated heterocycles. The molecule has 2 nitrogen and oxygen atoms in total. The molecule has 0 aliphatic carbocycles. The second-order valence-electron chi connectivity index (χ2n) is 3.77. The Morgan fingerprint density at radius 3 is 2.93 bits per heavy atom. The Morgan fingerprint density at radius 2 is 2.27 bits per heavy atom. The number of nitrogens with zero attached hydrogens (tertiary/aromatic N) is 1. The number of aromatic nitrogens is 1. The molecule has 0 spiro atoms. The maximum absolute atomic E-state index is 5.82. The largest absolute Gasteiger partial charge is 0.324 e. The minimum atomic E-state index is 0.1000. The van der Waals surface area contributed by atoms with Gasteiger partial charge < -0.3 is 5.73 Å². The lowest BCUT2D eigenvalue weighted by Gasteiger charge is -2.06. The number of pyridine rings is 1. The van der Waals surface area contributed by atoms with Crippen molar-refractivity contribution in [1.29, 1.82) is 0 Å². The van der Waals surface area contributed by atoms with Crippen molar-refractivity contribution in [3.8, 4) is 0 Å². The number of thioether (sulfide) groups is 1. The second kappa shape index (κ2) is 6.85. The van der Waals surface area contributed by atoms with Crippen LogP contribution in [0.2, 0.25) is 0 Å². The van der Waals surface area contributed by atoms with Crippen LogP contribution in [0.1, 0.15) is 44.7 Å². The molecular weight excluding hydrogens is 204 g/mol. The predicted octanol–water partition coefficient (Wildman–Crippen LogP) is 3.38. The van der Waals surface area contributed by atoms with E-state index in [0.717, 1.165) is 10.8 Å². The Bertz CT molecular complexity index is 287. The quantitative estimate of drug-likeness (QED) is 0.594. The van der Waals surface area contributed by atoms with Gasteiger partial charge >= 0.3 is 0 Å². The molecular formula is C12H20N2S. The SMILES string of the molecule is CCCCCSc1cc([C@H](C)N)ccn1. The van der Waals surface area contributed by atoms with Crippen molar-refractivity contribution in [2.45, 2.75) is 44.2 Å². The Hall–Kier alpha value is -0.540. The van der Waals surface area contributed by atoms with Crippen LogP contribution in [0.25, 0.3) is 0 Å². The Balaban J connectivity index is 2.43. The van der Waals surface area contributed by atoms with E-state index in [2.05, 4.69) is 18.0 Å². The van der Waals surface area contributed by atoms with Crippen molar-refractivity contribution in [2.75, 3.05) is 5.75 Å². The van der Waals surface area contributed by atoms with Crippen LogP contribution < -0.4 is 5.73 Å². The molecule has 1 aromatic heterocycles. The van der Waals surface area contributed by atoms with E-state index in [-0.39, 0.29) is 6.04 Å². The molecule has 0 radical (unpaired) electrons. The molecule has 1 aromatic rings. The molecule has 0 saturated carbocycles. The first kappa shape index (κ1) is 12.5. The first-order valence-corrected chi connectivity index (χ1v) is 6.57. The number of unbranched alkanes of at least 4 members (excludes halogenated alkanes) is 2. The highest BCUT2D eigenvalue weighted by Gasteiger charge is 2.01. The summed E-state index contributed by atoms with van der Waals surface area (Å²) in [5.41, 5.74) is 6.99. The standard InChI is InChI=1S/C12H20N2S/c1-3-4-5-8-15-12-9-11(10(2)13)6-7-14-12/h6-7,9-10H,3-5,8,13H2,1-2H3/t10-/m0/s1. The summed E-state index contributed by atoms with van der Waals surface area (Å²) in [6.45, 7) is 4.22. The van der Waals surface area contributed by atoms with E-state index in [1.54, 1.807) is 0 Å². The Morgan fingerprint density at radius 1 is 1.47 bits per heavy atom. The number of hydrogen-bond acceptors (Lipinski definition) is 3. The number of nitrogens with two attached hydrogens (primary N) is 1. The Labute approximate surface area is 96.7 Å². The van der Waals surface area contributed by atoms with Crippen molar-refractivity contribution in [3.05, 3.63) is 23.9 Å². The Kier molecular flexibility index (Phi) is 5.73. The van der Waals surface area contributed by atoms with Crippen molar-refractivity contribution in [2.24, 2.45) is 5.73 Å². The van der Waals surface area contributed by atoms with Crippen LogP contribution in [0, 0.1) is 0 Å². The predicted molar refractivity (Wildman–Crippen MR) is 67.1 cm³/mol. The van der Waals surface area contributed by atoms with Gasteiger partial charge in [-0.2, -0.15) is 0 Å². The van der Waals surface area contributed by atoms with Gasteiger partial charge in [-0.1, -0.05) is 19.8 Å². The average Bonchev–Trinajstić information content (AvgIpc) is 2.25. The molecule has 0 unspecified atom stereocenters. The summed E-state index contributed by atoms with van der Waals surface area (Å²) in [5.74, 6) is 1.16. The minimum Gasteiger partial charge on any atom is -0.324 e. The molecule has 0 aliphatic rings. The third kappa shape index (κ3) is 4.67. The molecule has 0 amide bonds. The van der Waals surface area contributed by atoms with Gasteiger partial charge in [-0.25, -0.2) is 4.98 Å². The highest BCUT2D eigenvalue weighted by atomic mass is 32.2. The van der Waals surface area contributed by atoms with E-state index in [0.29, 0.717) is 0 Å². The highest BCUT2D eigenvalue weighted by Crippen LogP contribution is 2.20. The lowest BCUT2D eigenvalue weighted by molar-refractivity contribution is 0.777. The zero-order chi connectivity index (χ0) is 11.1. The molecule has 0 fully saturated rings. The van der Waals surface area contributed by atoms with Crippen LogP contribution in [0.3, 0.4) is 0 Å². The normalized spacial score (nSPS) is 12.7. The van der Waals surface area contributed by atoms with E-state index in [1.807, 2.05) is 30.9 Å². The first-order chi connectivity index (χ1) is 7.24. The smallest absolute Gasteiger partial charge is 0.0963 e. The zero-order valence-corrected chi connectivity index (χ0v) is 10.4. The van der Waals surface area contributed by atoms with Gasteiger partial charge in [0.25, 0.3) is 0 Å². The fraction of sp³-hybridized carbons (Fsp3) is 0.583. The number of hydrogen-bond donors (Lipinski definition) is 1. The molecule has 0 aliphatic heterocycles. The molecule has 0 aromatic carbocycles. The fourth-order valence-electron chi connectivity index (χ4n) is 1.32. The van der Waals surface area contributed by atoms with Gasteiger partial charge in [0, 0.05) is 12.2 Å². The summed E-state index contributed by atoms with van der Waals surface area (Å²) >= 11 is 1.83. The number of rotatable bonds is 6. The van der Waals surface area contributed by atoms with Crippen LogP contribution in [0.15, 0.2) is 23.4 Å². The van der Waals surface area contributed by atoms with Gasteiger partial charge in [0.15, 0.2) is 0 Å². The molecule has 1 atom stereocenters. The maximum atomic E-state index is 5.82. The molecule has 3 heteroatoms. The summed E-state index contributed by atoms with van der Waals surface area (Å²) in [6.07, 6.45) is 5.69. The van der Waals surface area contributed by atoms with E-state index in [9.17, 15) is 0 Å². The molecule has 15 heavy (non-hydrogen) atoms. The van der Waals surface area contributed by atoms with Gasteiger partial charge in [-0.15, -0.1) is 11.8 Å². The summed E-state index contributed by atoms with van der Waals surface area (Å²) in [7, 11) is 0. The van der Waals surface area contributed by atoms with Gasteiger partial charge in [-0.3, -0.25) is 0 Å². The molecule has 1 rings (SSSR count). The van der Waals surface area contributed by atoms with Crippen LogP contribution in [-0.4, -0.2) is 10.7 Å².